The van der Waals surface area contributed by atoms with Gasteiger partial charge in [0.15, 0.2) is 0 Å². The van der Waals surface area contributed by atoms with Crippen molar-refractivity contribution >= 4 is 38.9 Å². The van der Waals surface area contributed by atoms with E-state index in [1.807, 2.05) is 11.4 Å². The SMILES string of the molecule is O=C(O)c1ccc(F)c(NCc2cc(Br)cs2)c1. The molecule has 0 bridgehead atoms. The highest BCUT2D eigenvalue weighted by Gasteiger charge is 2.08. The number of nitrogens with one attached hydrogen (secondary N) is 1. The summed E-state index contributed by atoms with van der Waals surface area (Å²) in [5.41, 5.74) is 0.255. The first kappa shape index (κ1) is 13.0. The molecule has 0 saturated carbocycles. The summed E-state index contributed by atoms with van der Waals surface area (Å²) >= 11 is 4.87. The minimum absolute atomic E-state index is 0.0614. The minimum atomic E-state index is -1.07. The van der Waals surface area contributed by atoms with Crippen LogP contribution >= 0.6 is 27.3 Å². The van der Waals surface area contributed by atoms with Crippen LogP contribution in [0.25, 0.3) is 0 Å². The molecular formula is C12H9BrFNO2S. The number of hydrogen-bond donors (Lipinski definition) is 2. The van der Waals surface area contributed by atoms with Gasteiger partial charge in [-0.2, -0.15) is 0 Å². The Labute approximate surface area is 115 Å². The Bertz CT molecular complexity index is 585. The number of anilines is 1. The maximum atomic E-state index is 13.5. The Balaban J connectivity index is 2.13. The van der Waals surface area contributed by atoms with Crippen molar-refractivity contribution in [3.05, 3.63) is 50.4 Å². The summed E-state index contributed by atoms with van der Waals surface area (Å²) in [5.74, 6) is -1.53. The van der Waals surface area contributed by atoms with E-state index in [4.69, 9.17) is 5.11 Å². The van der Waals surface area contributed by atoms with Gasteiger partial charge in [-0.05, 0) is 40.2 Å². The highest BCUT2D eigenvalue weighted by molar-refractivity contribution is 9.10. The van der Waals surface area contributed by atoms with Crippen LogP contribution in [0.3, 0.4) is 0 Å². The van der Waals surface area contributed by atoms with E-state index in [0.717, 1.165) is 15.4 Å². The van der Waals surface area contributed by atoms with Crippen LogP contribution in [-0.4, -0.2) is 11.1 Å². The molecule has 0 unspecified atom stereocenters. The standard InChI is InChI=1S/C12H9BrFNO2S/c13-8-4-9(18-6-8)5-15-11-3-7(12(16)17)1-2-10(11)14/h1-4,6,15H,5H2,(H,16,17). The van der Waals surface area contributed by atoms with Gasteiger partial charge in [-0.3, -0.25) is 0 Å². The lowest BCUT2D eigenvalue weighted by Gasteiger charge is -2.07. The molecule has 0 fully saturated rings. The quantitative estimate of drug-likeness (QED) is 0.892. The average Bonchev–Trinajstić information content (AvgIpc) is 2.74. The van der Waals surface area contributed by atoms with Crippen LogP contribution in [-0.2, 0) is 6.54 Å². The first-order chi connectivity index (χ1) is 8.56. The number of carbonyl (C=O) groups is 1. The number of aromatic carboxylic acids is 1. The third kappa shape index (κ3) is 3.08. The van der Waals surface area contributed by atoms with Gasteiger partial charge in [0, 0.05) is 21.3 Å². The molecule has 0 aliphatic rings. The van der Waals surface area contributed by atoms with Crippen molar-refractivity contribution in [2.45, 2.75) is 6.54 Å². The summed E-state index contributed by atoms with van der Waals surface area (Å²) in [7, 11) is 0. The highest BCUT2D eigenvalue weighted by Crippen LogP contribution is 2.22. The van der Waals surface area contributed by atoms with Crippen molar-refractivity contribution in [1.82, 2.24) is 0 Å². The van der Waals surface area contributed by atoms with E-state index < -0.39 is 11.8 Å². The maximum absolute atomic E-state index is 13.5. The van der Waals surface area contributed by atoms with Gasteiger partial charge in [0.25, 0.3) is 0 Å². The number of benzene rings is 1. The summed E-state index contributed by atoms with van der Waals surface area (Å²) in [6.07, 6.45) is 0. The number of thiophene rings is 1. The Morgan fingerprint density at radius 3 is 2.83 bits per heavy atom. The predicted octanol–water partition coefficient (Wildman–Crippen LogP) is 3.96. The molecule has 0 spiro atoms. The molecule has 0 aliphatic carbocycles. The predicted molar refractivity (Wildman–Crippen MR) is 72.7 cm³/mol. The van der Waals surface area contributed by atoms with Crippen molar-refractivity contribution in [1.29, 1.82) is 0 Å². The monoisotopic (exact) mass is 329 g/mol. The molecule has 1 aromatic heterocycles. The third-order valence-electron chi connectivity index (χ3n) is 2.29. The second-order valence-electron chi connectivity index (χ2n) is 3.58. The molecule has 2 rings (SSSR count). The van der Waals surface area contributed by atoms with Gasteiger partial charge < -0.3 is 10.4 Å². The fourth-order valence-electron chi connectivity index (χ4n) is 1.42. The van der Waals surface area contributed by atoms with E-state index in [1.54, 1.807) is 0 Å². The number of rotatable bonds is 4. The van der Waals surface area contributed by atoms with Crippen LogP contribution in [0.4, 0.5) is 10.1 Å². The van der Waals surface area contributed by atoms with Crippen molar-refractivity contribution in [2.75, 3.05) is 5.32 Å². The molecule has 1 aromatic carbocycles. The van der Waals surface area contributed by atoms with E-state index in [9.17, 15) is 9.18 Å². The molecule has 18 heavy (non-hydrogen) atoms. The molecule has 3 nitrogen and oxygen atoms in total. The van der Waals surface area contributed by atoms with Gasteiger partial charge in [-0.1, -0.05) is 0 Å². The normalized spacial score (nSPS) is 10.3. The van der Waals surface area contributed by atoms with Gasteiger partial charge in [0.1, 0.15) is 5.82 Å². The molecule has 0 radical (unpaired) electrons. The average molecular weight is 330 g/mol. The van der Waals surface area contributed by atoms with Crippen LogP contribution in [0.2, 0.25) is 0 Å². The van der Waals surface area contributed by atoms with Crippen LogP contribution < -0.4 is 5.32 Å². The van der Waals surface area contributed by atoms with E-state index in [-0.39, 0.29) is 11.3 Å². The molecule has 1 heterocycles. The summed E-state index contributed by atoms with van der Waals surface area (Å²) in [4.78, 5) is 11.8. The lowest BCUT2D eigenvalue weighted by molar-refractivity contribution is 0.0697. The molecule has 0 atom stereocenters. The molecule has 94 valence electrons. The summed E-state index contributed by atoms with van der Waals surface area (Å²) < 4.78 is 14.5. The maximum Gasteiger partial charge on any atom is 0.335 e. The van der Waals surface area contributed by atoms with Crippen LogP contribution in [0.1, 0.15) is 15.2 Å². The molecule has 0 aliphatic heterocycles. The number of halogens is 2. The molecule has 2 aromatic rings. The number of carboxylic acids is 1. The second kappa shape index (κ2) is 5.49. The zero-order chi connectivity index (χ0) is 13.1. The van der Waals surface area contributed by atoms with Crippen molar-refractivity contribution in [3.63, 3.8) is 0 Å². The minimum Gasteiger partial charge on any atom is -0.478 e. The Morgan fingerprint density at radius 2 is 2.22 bits per heavy atom. The topological polar surface area (TPSA) is 49.3 Å². The molecule has 2 N–H and O–H groups in total. The molecule has 6 heteroatoms. The van der Waals surface area contributed by atoms with E-state index >= 15 is 0 Å². The van der Waals surface area contributed by atoms with Crippen molar-refractivity contribution in [2.24, 2.45) is 0 Å². The number of carboxylic acid groups (broad SMARTS) is 1. The van der Waals surface area contributed by atoms with Gasteiger partial charge in [0.2, 0.25) is 0 Å². The number of hydrogen-bond acceptors (Lipinski definition) is 3. The smallest absolute Gasteiger partial charge is 0.335 e. The summed E-state index contributed by atoms with van der Waals surface area (Å²) in [6, 6.07) is 5.61. The van der Waals surface area contributed by atoms with E-state index in [2.05, 4.69) is 21.2 Å². The van der Waals surface area contributed by atoms with Crippen LogP contribution in [0.5, 0.6) is 0 Å². The Morgan fingerprint density at radius 1 is 1.44 bits per heavy atom. The van der Waals surface area contributed by atoms with Gasteiger partial charge in [-0.15, -0.1) is 11.3 Å². The second-order valence-corrected chi connectivity index (χ2v) is 5.50. The molecule has 0 saturated heterocycles. The Hall–Kier alpha value is -1.40. The first-order valence-electron chi connectivity index (χ1n) is 5.06. The van der Waals surface area contributed by atoms with Gasteiger partial charge in [-0.25, -0.2) is 9.18 Å². The van der Waals surface area contributed by atoms with Crippen molar-refractivity contribution < 1.29 is 14.3 Å². The van der Waals surface area contributed by atoms with Crippen LogP contribution in [0.15, 0.2) is 34.1 Å². The van der Waals surface area contributed by atoms with Crippen molar-refractivity contribution in [3.8, 4) is 0 Å². The lowest BCUT2D eigenvalue weighted by Crippen LogP contribution is -2.03. The molecule has 0 amide bonds. The zero-order valence-corrected chi connectivity index (χ0v) is 11.5. The van der Waals surface area contributed by atoms with Crippen LogP contribution in [0, 0.1) is 5.82 Å². The van der Waals surface area contributed by atoms with E-state index in [0.29, 0.717) is 6.54 Å². The fraction of sp³-hybridized carbons (Fsp3) is 0.0833. The lowest BCUT2D eigenvalue weighted by atomic mass is 10.2. The zero-order valence-electron chi connectivity index (χ0n) is 9.11. The van der Waals surface area contributed by atoms with E-state index in [1.165, 1.54) is 23.5 Å². The molecular weight excluding hydrogens is 321 g/mol. The summed E-state index contributed by atoms with van der Waals surface area (Å²) in [5, 5.41) is 13.7. The third-order valence-corrected chi connectivity index (χ3v) is 3.99. The van der Waals surface area contributed by atoms with Gasteiger partial charge in [0.05, 0.1) is 11.3 Å². The Kier molecular flexibility index (Phi) is 3.98. The first-order valence-corrected chi connectivity index (χ1v) is 6.73. The fourth-order valence-corrected chi connectivity index (χ4v) is 2.81. The summed E-state index contributed by atoms with van der Waals surface area (Å²) in [6.45, 7) is 0.455. The van der Waals surface area contributed by atoms with Gasteiger partial charge >= 0.3 is 5.97 Å². The highest BCUT2D eigenvalue weighted by atomic mass is 79.9. The largest absolute Gasteiger partial charge is 0.478 e.